The van der Waals surface area contributed by atoms with Crippen LogP contribution in [0.2, 0.25) is 0 Å². The number of carbonyl (C=O) groups is 2. The maximum atomic E-state index is 13.0. The molecule has 4 rings (SSSR count). The van der Waals surface area contributed by atoms with Crippen LogP contribution in [0.1, 0.15) is 55.6 Å². The van der Waals surface area contributed by atoms with Gasteiger partial charge in [0.15, 0.2) is 0 Å². The second-order valence-electron chi connectivity index (χ2n) is 10.3. The average Bonchev–Trinajstić information content (AvgIpc) is 2.96. The summed E-state index contributed by atoms with van der Waals surface area (Å²) in [6.45, 7) is 7.80. The number of benzene rings is 2. The molecule has 0 aliphatic rings. The molecule has 0 atom stereocenters. The summed E-state index contributed by atoms with van der Waals surface area (Å²) in [5.74, 6) is -1.97. The highest BCUT2D eigenvalue weighted by Crippen LogP contribution is 2.28. The molecular weight excluding hydrogens is 547 g/mol. The number of amides is 1. The fraction of sp³-hybridized carbons (Fsp3) is 0.312. The molecule has 0 saturated carbocycles. The van der Waals surface area contributed by atoms with Gasteiger partial charge in [-0.2, -0.15) is 13.2 Å². The highest BCUT2D eigenvalue weighted by Gasteiger charge is 2.29. The number of nitrogens with zero attached hydrogens (tertiary/aromatic N) is 2. The van der Waals surface area contributed by atoms with Gasteiger partial charge in [-0.05, 0) is 80.1 Å². The number of aliphatic carboxylic acids is 1. The number of carboxylic acids is 1. The van der Waals surface area contributed by atoms with Gasteiger partial charge in [0.25, 0.3) is 5.91 Å². The zero-order valence-electron chi connectivity index (χ0n) is 24.2. The fourth-order valence-corrected chi connectivity index (χ4v) is 4.34. The molecule has 7 nitrogen and oxygen atoms in total. The predicted molar refractivity (Wildman–Crippen MR) is 157 cm³/mol. The van der Waals surface area contributed by atoms with E-state index in [1.807, 2.05) is 51.1 Å². The molecule has 1 amide bonds. The third kappa shape index (κ3) is 7.43. The van der Waals surface area contributed by atoms with Crippen molar-refractivity contribution in [3.8, 4) is 16.8 Å². The van der Waals surface area contributed by atoms with Crippen molar-refractivity contribution in [2.45, 2.75) is 53.6 Å². The molecule has 0 radical (unpaired) electrons. The molecule has 0 spiro atoms. The number of fused-ring (bicyclic) bond motifs is 1. The van der Waals surface area contributed by atoms with Crippen LogP contribution < -0.4 is 10.7 Å². The monoisotopic (exact) mass is 581 g/mol. The number of pyridine rings is 2. The summed E-state index contributed by atoms with van der Waals surface area (Å²) in [6.07, 6.45) is -0.829. The van der Waals surface area contributed by atoms with Crippen molar-refractivity contribution in [3.63, 3.8) is 0 Å². The molecule has 2 N–H and O–H groups in total. The first-order chi connectivity index (χ1) is 19.8. The Bertz CT molecular complexity index is 1660. The van der Waals surface area contributed by atoms with Crippen molar-refractivity contribution in [1.82, 2.24) is 14.9 Å². The van der Waals surface area contributed by atoms with Crippen molar-refractivity contribution in [3.05, 3.63) is 93.9 Å². The van der Waals surface area contributed by atoms with E-state index in [1.54, 1.807) is 31.3 Å². The molecule has 0 aliphatic heterocycles. The van der Waals surface area contributed by atoms with E-state index in [-0.39, 0.29) is 11.0 Å². The normalized spacial score (nSPS) is 11.5. The van der Waals surface area contributed by atoms with Gasteiger partial charge in [-0.25, -0.2) is 4.98 Å². The SMILES string of the molecule is CC.Cc1cc(-c2cccc(-n3cc(C(=O)NCC(F)(F)F)c(=O)c4cccnc43)c2)ccc1CCC(C)(C)C(=O)O. The third-order valence-corrected chi connectivity index (χ3v) is 6.85. The van der Waals surface area contributed by atoms with E-state index >= 15 is 0 Å². The molecule has 4 aromatic rings. The van der Waals surface area contributed by atoms with Gasteiger partial charge >= 0.3 is 12.1 Å². The Morgan fingerprint density at radius 3 is 2.33 bits per heavy atom. The number of hydrogen-bond acceptors (Lipinski definition) is 4. The second kappa shape index (κ2) is 13.0. The Morgan fingerprint density at radius 2 is 1.69 bits per heavy atom. The van der Waals surface area contributed by atoms with Gasteiger partial charge in [-0.15, -0.1) is 0 Å². The summed E-state index contributed by atoms with van der Waals surface area (Å²) in [4.78, 5) is 41.3. The van der Waals surface area contributed by atoms with Crippen molar-refractivity contribution in [2.24, 2.45) is 5.41 Å². The van der Waals surface area contributed by atoms with Gasteiger partial charge in [0.1, 0.15) is 17.8 Å². The number of halogens is 3. The van der Waals surface area contributed by atoms with E-state index in [1.165, 1.54) is 29.1 Å². The Morgan fingerprint density at radius 1 is 1.00 bits per heavy atom. The van der Waals surface area contributed by atoms with Gasteiger partial charge < -0.3 is 15.0 Å². The second-order valence-corrected chi connectivity index (χ2v) is 10.3. The Balaban J connectivity index is 0.00000237. The first-order valence-electron chi connectivity index (χ1n) is 13.6. The molecule has 222 valence electrons. The van der Waals surface area contributed by atoms with Crippen LogP contribution in [0.5, 0.6) is 0 Å². The van der Waals surface area contributed by atoms with Crippen molar-refractivity contribution >= 4 is 22.9 Å². The van der Waals surface area contributed by atoms with Crippen LogP contribution in [0.15, 0.2) is 71.8 Å². The Hall–Kier alpha value is -4.47. The summed E-state index contributed by atoms with van der Waals surface area (Å²) in [7, 11) is 0. The van der Waals surface area contributed by atoms with Crippen LogP contribution in [0.25, 0.3) is 27.8 Å². The van der Waals surface area contributed by atoms with Crippen molar-refractivity contribution in [2.75, 3.05) is 6.54 Å². The minimum atomic E-state index is -4.62. The number of aromatic nitrogens is 2. The molecule has 0 unspecified atom stereocenters. The quantitative estimate of drug-likeness (QED) is 0.241. The lowest BCUT2D eigenvalue weighted by atomic mass is 9.85. The third-order valence-electron chi connectivity index (χ3n) is 6.85. The number of carboxylic acid groups (broad SMARTS) is 1. The van der Waals surface area contributed by atoms with E-state index in [0.717, 1.165) is 22.3 Å². The molecule has 0 fully saturated rings. The van der Waals surface area contributed by atoms with E-state index in [0.29, 0.717) is 18.5 Å². The summed E-state index contributed by atoms with van der Waals surface area (Å²) in [5, 5.41) is 11.3. The van der Waals surface area contributed by atoms with Gasteiger partial charge in [0, 0.05) is 18.1 Å². The summed E-state index contributed by atoms with van der Waals surface area (Å²) < 4.78 is 39.6. The number of aryl methyl sites for hydroxylation is 2. The van der Waals surface area contributed by atoms with Crippen LogP contribution in [-0.2, 0) is 11.2 Å². The Kier molecular flexibility index (Phi) is 9.93. The topological polar surface area (TPSA) is 101 Å². The number of carbonyl (C=O) groups excluding carboxylic acids is 1. The molecular formula is C32H34F3N3O4. The summed E-state index contributed by atoms with van der Waals surface area (Å²) in [5.41, 5.74) is 2.58. The smallest absolute Gasteiger partial charge is 0.405 e. The lowest BCUT2D eigenvalue weighted by molar-refractivity contribution is -0.147. The van der Waals surface area contributed by atoms with E-state index in [9.17, 15) is 32.7 Å². The van der Waals surface area contributed by atoms with Gasteiger partial charge in [-0.1, -0.05) is 44.2 Å². The highest BCUT2D eigenvalue weighted by molar-refractivity contribution is 5.97. The molecule has 2 aromatic heterocycles. The van der Waals surface area contributed by atoms with Gasteiger partial charge in [-0.3, -0.25) is 14.4 Å². The summed E-state index contributed by atoms with van der Waals surface area (Å²) in [6, 6.07) is 16.2. The molecule has 0 bridgehead atoms. The number of rotatable bonds is 8. The molecule has 0 aliphatic carbocycles. The van der Waals surface area contributed by atoms with Gasteiger partial charge in [0.2, 0.25) is 5.43 Å². The van der Waals surface area contributed by atoms with Crippen LogP contribution in [-0.4, -0.2) is 39.3 Å². The van der Waals surface area contributed by atoms with Gasteiger partial charge in [0.05, 0.1) is 10.8 Å². The highest BCUT2D eigenvalue weighted by atomic mass is 19.4. The minimum Gasteiger partial charge on any atom is -0.481 e. The zero-order chi connectivity index (χ0) is 31.2. The van der Waals surface area contributed by atoms with Crippen molar-refractivity contribution < 1.29 is 27.9 Å². The molecule has 2 aromatic carbocycles. The van der Waals surface area contributed by atoms with Crippen LogP contribution in [0, 0.1) is 12.3 Å². The van der Waals surface area contributed by atoms with Crippen molar-refractivity contribution in [1.29, 1.82) is 0 Å². The molecule has 10 heteroatoms. The van der Waals surface area contributed by atoms with E-state index in [4.69, 9.17) is 0 Å². The number of alkyl halides is 3. The summed E-state index contributed by atoms with van der Waals surface area (Å²) >= 11 is 0. The van der Waals surface area contributed by atoms with Crippen LogP contribution in [0.3, 0.4) is 0 Å². The largest absolute Gasteiger partial charge is 0.481 e. The Labute approximate surface area is 242 Å². The van der Waals surface area contributed by atoms with Crippen LogP contribution >= 0.6 is 0 Å². The van der Waals surface area contributed by atoms with E-state index < -0.39 is 41.0 Å². The predicted octanol–water partition coefficient (Wildman–Crippen LogP) is 6.72. The number of hydrogen-bond donors (Lipinski definition) is 2. The minimum absolute atomic E-state index is 0.0945. The fourth-order valence-electron chi connectivity index (χ4n) is 4.34. The first-order valence-corrected chi connectivity index (χ1v) is 13.6. The van der Waals surface area contributed by atoms with Crippen LogP contribution in [0.4, 0.5) is 13.2 Å². The standard InChI is InChI=1S/C30H28F3N3O4.C2H6/c1-18-14-21(10-9-19(18)11-12-29(2,3)28(39)40)20-6-4-7-22(15-20)36-16-24(27(38)35-17-30(31,32)33)25(37)23-8-5-13-34-26(23)36;1-2/h4-10,13-16H,11-12,17H2,1-3H3,(H,35,38)(H,39,40);1-2H3. The molecule has 42 heavy (non-hydrogen) atoms. The maximum absolute atomic E-state index is 13.0. The zero-order valence-corrected chi connectivity index (χ0v) is 24.2. The average molecular weight is 582 g/mol. The van der Waals surface area contributed by atoms with E-state index in [2.05, 4.69) is 4.98 Å². The molecule has 2 heterocycles. The first kappa shape index (κ1) is 32.0. The number of nitrogens with one attached hydrogen (secondary N) is 1. The maximum Gasteiger partial charge on any atom is 0.405 e. The molecule has 0 saturated heterocycles. The lowest BCUT2D eigenvalue weighted by Gasteiger charge is -2.19. The lowest BCUT2D eigenvalue weighted by Crippen LogP contribution is -2.36.